The van der Waals surface area contributed by atoms with E-state index in [9.17, 15) is 24.6 Å². The van der Waals surface area contributed by atoms with Gasteiger partial charge >= 0.3 is 5.97 Å². The Hall–Kier alpha value is -3.30. The minimum absolute atomic E-state index is 0.0717. The summed E-state index contributed by atoms with van der Waals surface area (Å²) >= 11 is 1.48. The van der Waals surface area contributed by atoms with Crippen molar-refractivity contribution in [2.24, 2.45) is 17.8 Å². The average Bonchev–Trinajstić information content (AvgIpc) is 3.52. The van der Waals surface area contributed by atoms with Gasteiger partial charge in [0.2, 0.25) is 5.91 Å². The third-order valence-electron chi connectivity index (χ3n) is 8.36. The summed E-state index contributed by atoms with van der Waals surface area (Å²) in [5, 5.41) is 20.5. The molecule has 9 heteroatoms. The number of carboxylic acid groups (broad SMARTS) is 1. The van der Waals surface area contributed by atoms with E-state index in [0.29, 0.717) is 23.4 Å². The number of nitrogens with zero attached hydrogens (tertiary/aromatic N) is 2. The van der Waals surface area contributed by atoms with Crippen molar-refractivity contribution in [1.82, 2.24) is 4.90 Å². The number of hydrogen-bond donors (Lipinski definition) is 2. The molecule has 5 rings (SSSR count). The fourth-order valence-electron chi connectivity index (χ4n) is 6.75. The molecule has 7 atom stereocenters. The van der Waals surface area contributed by atoms with Crippen LogP contribution in [0.4, 0.5) is 5.69 Å². The molecule has 2 bridgehead atoms. The fourth-order valence-corrected chi connectivity index (χ4v) is 9.14. The highest BCUT2D eigenvalue weighted by Gasteiger charge is 2.77. The lowest BCUT2D eigenvalue weighted by atomic mass is 9.66. The standard InChI is InChI=1S/C29H32N2O6S/c1-4-14-30(19-10-12-20(37-3)13-11-19)27(34)25-29-17(2)15-22(38-29)23(28(35)36)24(29)26(33)31(25)21(16-32)18-8-6-5-7-9-18/h4-13,17,21-25,32H,1,14-16H2,2-3H3,(H,35,36)/t17?,21-,22-,23+,24+,25?,29?/m1/s1. The molecule has 3 unspecified atom stereocenters. The maximum Gasteiger partial charge on any atom is 0.308 e. The number of aliphatic hydroxyl groups excluding tert-OH is 1. The van der Waals surface area contributed by atoms with Crippen molar-refractivity contribution in [2.45, 2.75) is 35.4 Å². The van der Waals surface area contributed by atoms with Crippen LogP contribution < -0.4 is 9.64 Å². The van der Waals surface area contributed by atoms with E-state index in [-0.39, 0.29) is 29.5 Å². The van der Waals surface area contributed by atoms with Crippen molar-refractivity contribution in [1.29, 1.82) is 0 Å². The number of anilines is 1. The van der Waals surface area contributed by atoms with E-state index in [1.54, 1.807) is 42.4 Å². The van der Waals surface area contributed by atoms with Gasteiger partial charge in [0.15, 0.2) is 0 Å². The molecule has 2 aromatic carbocycles. The van der Waals surface area contributed by atoms with Crippen LogP contribution >= 0.6 is 11.8 Å². The summed E-state index contributed by atoms with van der Waals surface area (Å²) in [7, 11) is 1.57. The highest BCUT2D eigenvalue weighted by Crippen LogP contribution is 2.69. The minimum atomic E-state index is -1.01. The van der Waals surface area contributed by atoms with Gasteiger partial charge in [0, 0.05) is 17.5 Å². The Labute approximate surface area is 226 Å². The number of aliphatic carboxylic acids is 1. The van der Waals surface area contributed by atoms with Crippen molar-refractivity contribution in [3.63, 3.8) is 0 Å². The van der Waals surface area contributed by atoms with Gasteiger partial charge in [0.25, 0.3) is 5.91 Å². The van der Waals surface area contributed by atoms with Crippen LogP contribution in [-0.2, 0) is 14.4 Å². The van der Waals surface area contributed by atoms with Gasteiger partial charge in [-0.05, 0) is 42.2 Å². The van der Waals surface area contributed by atoms with Crippen molar-refractivity contribution in [3.8, 4) is 5.75 Å². The number of carbonyl (C=O) groups is 3. The number of hydrogen-bond acceptors (Lipinski definition) is 6. The van der Waals surface area contributed by atoms with E-state index in [1.807, 2.05) is 37.3 Å². The molecule has 3 saturated heterocycles. The molecule has 0 radical (unpaired) electrons. The number of fused-ring (bicyclic) bond motifs is 1. The predicted octanol–water partition coefficient (Wildman–Crippen LogP) is 3.37. The number of methoxy groups -OCH3 is 1. The van der Waals surface area contributed by atoms with Crippen LogP contribution in [0.15, 0.2) is 67.3 Å². The summed E-state index contributed by atoms with van der Waals surface area (Å²) in [6.07, 6.45) is 2.24. The molecule has 3 heterocycles. The van der Waals surface area contributed by atoms with Gasteiger partial charge < -0.3 is 24.7 Å². The summed E-state index contributed by atoms with van der Waals surface area (Å²) in [5.74, 6) is -2.87. The lowest BCUT2D eigenvalue weighted by molar-refractivity contribution is -0.149. The number of carbonyl (C=O) groups excluding carboxylic acids is 2. The second-order valence-corrected chi connectivity index (χ2v) is 11.7. The van der Waals surface area contributed by atoms with Crippen molar-refractivity contribution >= 4 is 35.2 Å². The van der Waals surface area contributed by atoms with Crippen molar-refractivity contribution in [2.75, 3.05) is 25.2 Å². The number of thioether (sulfide) groups is 1. The molecule has 2 N–H and O–H groups in total. The Morgan fingerprint density at radius 1 is 1.24 bits per heavy atom. The molecular formula is C29H32N2O6S. The molecule has 38 heavy (non-hydrogen) atoms. The Kier molecular flexibility index (Phi) is 7.00. The summed E-state index contributed by atoms with van der Waals surface area (Å²) < 4.78 is 4.36. The highest BCUT2D eigenvalue weighted by atomic mass is 32.2. The Morgan fingerprint density at radius 3 is 2.50 bits per heavy atom. The van der Waals surface area contributed by atoms with Gasteiger partial charge in [-0.25, -0.2) is 0 Å². The number of aliphatic hydroxyl groups is 1. The summed E-state index contributed by atoms with van der Waals surface area (Å²) in [6.45, 7) is 5.66. The molecule has 0 saturated carbocycles. The lowest BCUT2D eigenvalue weighted by Crippen LogP contribution is -2.58. The quantitative estimate of drug-likeness (QED) is 0.473. The van der Waals surface area contributed by atoms with Crippen molar-refractivity contribution in [3.05, 3.63) is 72.8 Å². The molecule has 8 nitrogen and oxygen atoms in total. The van der Waals surface area contributed by atoms with E-state index < -0.39 is 41.2 Å². The van der Waals surface area contributed by atoms with Crippen LogP contribution in [0.3, 0.4) is 0 Å². The molecule has 3 aliphatic heterocycles. The summed E-state index contributed by atoms with van der Waals surface area (Å²) in [6, 6.07) is 14.4. The largest absolute Gasteiger partial charge is 0.497 e. The molecule has 2 amide bonds. The second kappa shape index (κ2) is 10.1. The van der Waals surface area contributed by atoms with E-state index in [1.165, 1.54) is 16.7 Å². The number of rotatable bonds is 9. The number of amides is 2. The fraction of sp³-hybridized carbons (Fsp3) is 0.414. The minimum Gasteiger partial charge on any atom is -0.497 e. The Bertz CT molecular complexity index is 1240. The van der Waals surface area contributed by atoms with E-state index in [4.69, 9.17) is 4.74 Å². The summed E-state index contributed by atoms with van der Waals surface area (Å²) in [4.78, 5) is 44.4. The van der Waals surface area contributed by atoms with E-state index >= 15 is 0 Å². The zero-order valence-corrected chi connectivity index (χ0v) is 22.2. The average molecular weight is 537 g/mol. The third kappa shape index (κ3) is 3.82. The first-order chi connectivity index (χ1) is 18.3. The maximum absolute atomic E-state index is 14.7. The molecule has 200 valence electrons. The topological polar surface area (TPSA) is 107 Å². The molecule has 3 aliphatic rings. The normalized spacial score (nSPS) is 30.1. The van der Waals surface area contributed by atoms with Gasteiger partial charge in [-0.2, -0.15) is 0 Å². The lowest BCUT2D eigenvalue weighted by Gasteiger charge is -2.42. The molecule has 0 aliphatic carbocycles. The number of likely N-dealkylation sites (tertiary alicyclic amines) is 1. The van der Waals surface area contributed by atoms with E-state index in [0.717, 1.165) is 0 Å². The van der Waals surface area contributed by atoms with Crippen LogP contribution in [0.1, 0.15) is 24.9 Å². The van der Waals surface area contributed by atoms with Gasteiger partial charge in [-0.15, -0.1) is 18.3 Å². The van der Waals surface area contributed by atoms with Crippen LogP contribution in [0.25, 0.3) is 0 Å². The van der Waals surface area contributed by atoms with Crippen LogP contribution in [-0.4, -0.2) is 69.2 Å². The highest BCUT2D eigenvalue weighted by molar-refractivity contribution is 8.02. The molecule has 0 aromatic heterocycles. The Balaban J connectivity index is 1.67. The van der Waals surface area contributed by atoms with Crippen molar-refractivity contribution < 1.29 is 29.3 Å². The third-order valence-corrected chi connectivity index (χ3v) is 10.4. The smallest absolute Gasteiger partial charge is 0.308 e. The van der Waals surface area contributed by atoms with Crippen LogP contribution in [0.5, 0.6) is 5.75 Å². The first-order valence-electron chi connectivity index (χ1n) is 12.7. The van der Waals surface area contributed by atoms with Crippen LogP contribution in [0.2, 0.25) is 0 Å². The van der Waals surface area contributed by atoms with Gasteiger partial charge in [0.05, 0.1) is 36.3 Å². The van der Waals surface area contributed by atoms with Gasteiger partial charge in [0.1, 0.15) is 11.8 Å². The molecule has 1 spiro atoms. The summed E-state index contributed by atoms with van der Waals surface area (Å²) in [5.41, 5.74) is 1.31. The molecule has 2 aromatic rings. The Morgan fingerprint density at radius 2 is 1.92 bits per heavy atom. The number of ether oxygens (including phenoxy) is 1. The maximum atomic E-state index is 14.7. The van der Waals surface area contributed by atoms with Gasteiger partial charge in [-0.1, -0.05) is 43.3 Å². The van der Waals surface area contributed by atoms with Crippen LogP contribution in [0, 0.1) is 17.8 Å². The zero-order valence-electron chi connectivity index (χ0n) is 21.4. The van der Waals surface area contributed by atoms with E-state index in [2.05, 4.69) is 6.58 Å². The monoisotopic (exact) mass is 536 g/mol. The molecule has 3 fully saturated rings. The second-order valence-electron chi connectivity index (χ2n) is 10.2. The number of benzene rings is 2. The number of carboxylic acids is 1. The first-order valence-corrected chi connectivity index (χ1v) is 13.6. The molecular weight excluding hydrogens is 504 g/mol. The first kappa shape index (κ1) is 26.3. The SMILES string of the molecule is C=CCN(C(=O)C1N([C@H](CO)c2ccccc2)C(=O)[C@@H]2[C@@H](C(=O)O)[C@H]3CC(C)C12S3)c1ccc(OC)cc1. The predicted molar refractivity (Wildman–Crippen MR) is 145 cm³/mol. The zero-order chi connectivity index (χ0) is 27.2. The van der Waals surface area contributed by atoms with Gasteiger partial charge in [-0.3, -0.25) is 14.4 Å².